The Morgan fingerprint density at radius 1 is 1.47 bits per heavy atom. The molecule has 88 valence electrons. The van der Waals surface area contributed by atoms with E-state index in [0.717, 1.165) is 38.3 Å². The number of nitrogens with zero attached hydrogens (tertiary/aromatic N) is 1. The minimum absolute atomic E-state index is 0.321. The van der Waals surface area contributed by atoms with Crippen molar-refractivity contribution in [1.82, 2.24) is 4.90 Å². The Bertz CT molecular complexity index is 198. The van der Waals surface area contributed by atoms with Crippen molar-refractivity contribution < 1.29 is 4.79 Å². The highest BCUT2D eigenvalue weighted by atomic mass is 16.2. The van der Waals surface area contributed by atoms with Crippen molar-refractivity contribution in [3.63, 3.8) is 0 Å². The molecule has 2 N–H and O–H groups in total. The van der Waals surface area contributed by atoms with Crippen LogP contribution >= 0.6 is 0 Å². The van der Waals surface area contributed by atoms with Crippen molar-refractivity contribution in [1.29, 1.82) is 0 Å². The molecule has 0 aromatic rings. The van der Waals surface area contributed by atoms with E-state index in [4.69, 9.17) is 5.73 Å². The normalized spacial score (nSPS) is 20.3. The number of rotatable bonds is 4. The van der Waals surface area contributed by atoms with Gasteiger partial charge >= 0.3 is 0 Å². The van der Waals surface area contributed by atoms with E-state index in [1.54, 1.807) is 0 Å². The van der Waals surface area contributed by atoms with Crippen LogP contribution in [0.15, 0.2) is 0 Å². The second-order valence-electron chi connectivity index (χ2n) is 4.94. The maximum Gasteiger partial charge on any atom is 0.222 e. The number of likely N-dealkylation sites (tertiary alicyclic amines) is 1. The van der Waals surface area contributed by atoms with Gasteiger partial charge in [-0.15, -0.1) is 0 Å². The standard InChI is InChI=1S/C12H24N2O/c1-10-5-7-14(8-6-10)12(15)4-3-11(2)9-13/h10-11H,3-9,13H2,1-2H3. The summed E-state index contributed by atoms with van der Waals surface area (Å²) in [6.45, 7) is 6.96. The van der Waals surface area contributed by atoms with Gasteiger partial charge in [-0.2, -0.15) is 0 Å². The first-order valence-corrected chi connectivity index (χ1v) is 6.11. The van der Waals surface area contributed by atoms with Gasteiger partial charge in [0, 0.05) is 19.5 Å². The van der Waals surface area contributed by atoms with Gasteiger partial charge in [-0.3, -0.25) is 4.79 Å². The molecule has 0 aromatic heterocycles. The van der Waals surface area contributed by atoms with Gasteiger partial charge < -0.3 is 10.6 Å². The van der Waals surface area contributed by atoms with Gasteiger partial charge in [-0.1, -0.05) is 13.8 Å². The smallest absolute Gasteiger partial charge is 0.222 e. The summed E-state index contributed by atoms with van der Waals surface area (Å²) in [5.74, 6) is 1.58. The third-order valence-corrected chi connectivity index (χ3v) is 3.39. The van der Waals surface area contributed by atoms with E-state index in [0.29, 0.717) is 24.8 Å². The fraction of sp³-hybridized carbons (Fsp3) is 0.917. The van der Waals surface area contributed by atoms with Crippen LogP contribution in [-0.2, 0) is 4.79 Å². The molecule has 1 aliphatic heterocycles. The molecular weight excluding hydrogens is 188 g/mol. The molecule has 1 heterocycles. The van der Waals surface area contributed by atoms with Crippen LogP contribution in [0.5, 0.6) is 0 Å². The van der Waals surface area contributed by atoms with Gasteiger partial charge in [0.15, 0.2) is 0 Å². The van der Waals surface area contributed by atoms with E-state index < -0.39 is 0 Å². The van der Waals surface area contributed by atoms with E-state index in [1.807, 2.05) is 4.90 Å². The number of hydrogen-bond donors (Lipinski definition) is 1. The third kappa shape index (κ3) is 4.20. The first-order valence-electron chi connectivity index (χ1n) is 6.11. The maximum absolute atomic E-state index is 11.8. The van der Waals surface area contributed by atoms with Crippen molar-refractivity contribution in [2.24, 2.45) is 17.6 Å². The Morgan fingerprint density at radius 2 is 2.07 bits per heavy atom. The topological polar surface area (TPSA) is 46.3 Å². The van der Waals surface area contributed by atoms with Crippen molar-refractivity contribution in [2.45, 2.75) is 39.5 Å². The predicted molar refractivity (Wildman–Crippen MR) is 62.4 cm³/mol. The summed E-state index contributed by atoms with van der Waals surface area (Å²) in [6, 6.07) is 0. The lowest BCUT2D eigenvalue weighted by atomic mass is 9.98. The molecule has 0 saturated carbocycles. The van der Waals surface area contributed by atoms with Gasteiger partial charge in [0.1, 0.15) is 0 Å². The van der Waals surface area contributed by atoms with Crippen molar-refractivity contribution >= 4 is 5.91 Å². The molecule has 0 aromatic carbocycles. The zero-order valence-corrected chi connectivity index (χ0v) is 10.0. The van der Waals surface area contributed by atoms with Crippen LogP contribution in [0.4, 0.5) is 0 Å². The second kappa shape index (κ2) is 6.11. The molecule has 0 bridgehead atoms. The first kappa shape index (κ1) is 12.5. The minimum Gasteiger partial charge on any atom is -0.343 e. The molecule has 0 radical (unpaired) electrons. The molecule has 1 atom stereocenters. The second-order valence-corrected chi connectivity index (χ2v) is 4.94. The molecule has 0 spiro atoms. The molecule has 1 aliphatic rings. The van der Waals surface area contributed by atoms with E-state index in [1.165, 1.54) is 0 Å². The number of carbonyl (C=O) groups is 1. The SMILES string of the molecule is CC(CN)CCC(=O)N1CCC(C)CC1. The molecule has 0 aliphatic carbocycles. The summed E-state index contributed by atoms with van der Waals surface area (Å²) >= 11 is 0. The molecule has 1 amide bonds. The zero-order chi connectivity index (χ0) is 11.3. The Morgan fingerprint density at radius 3 is 2.60 bits per heavy atom. The van der Waals surface area contributed by atoms with E-state index >= 15 is 0 Å². The van der Waals surface area contributed by atoms with Crippen molar-refractivity contribution in [2.75, 3.05) is 19.6 Å². The molecule has 1 rings (SSSR count). The molecule has 3 nitrogen and oxygen atoms in total. The summed E-state index contributed by atoms with van der Waals surface area (Å²) in [5.41, 5.74) is 5.53. The lowest BCUT2D eigenvalue weighted by Gasteiger charge is -2.30. The van der Waals surface area contributed by atoms with E-state index in [-0.39, 0.29) is 0 Å². The van der Waals surface area contributed by atoms with Gasteiger partial charge in [0.2, 0.25) is 5.91 Å². The predicted octanol–water partition coefficient (Wildman–Crippen LogP) is 1.62. The number of carbonyl (C=O) groups excluding carboxylic acids is 1. The highest BCUT2D eigenvalue weighted by Crippen LogP contribution is 2.17. The highest BCUT2D eigenvalue weighted by Gasteiger charge is 2.20. The quantitative estimate of drug-likeness (QED) is 0.769. The van der Waals surface area contributed by atoms with Crippen LogP contribution < -0.4 is 5.73 Å². The lowest BCUT2D eigenvalue weighted by molar-refractivity contribution is -0.132. The molecular formula is C12H24N2O. The Labute approximate surface area is 93.0 Å². The summed E-state index contributed by atoms with van der Waals surface area (Å²) in [5, 5.41) is 0. The minimum atomic E-state index is 0.321. The number of piperidine rings is 1. The van der Waals surface area contributed by atoms with Gasteiger partial charge in [-0.05, 0) is 37.6 Å². The molecule has 3 heteroatoms. The fourth-order valence-corrected chi connectivity index (χ4v) is 1.90. The van der Waals surface area contributed by atoms with Gasteiger partial charge in [0.25, 0.3) is 0 Å². The molecule has 1 saturated heterocycles. The van der Waals surface area contributed by atoms with Gasteiger partial charge in [-0.25, -0.2) is 0 Å². The average molecular weight is 212 g/mol. The lowest BCUT2D eigenvalue weighted by Crippen LogP contribution is -2.38. The van der Waals surface area contributed by atoms with Gasteiger partial charge in [0.05, 0.1) is 0 Å². The van der Waals surface area contributed by atoms with Crippen LogP contribution in [0.3, 0.4) is 0 Å². The zero-order valence-electron chi connectivity index (χ0n) is 10.0. The Hall–Kier alpha value is -0.570. The summed E-state index contributed by atoms with van der Waals surface area (Å²) in [7, 11) is 0. The van der Waals surface area contributed by atoms with Crippen LogP contribution in [-0.4, -0.2) is 30.4 Å². The summed E-state index contributed by atoms with van der Waals surface area (Å²) < 4.78 is 0. The van der Waals surface area contributed by atoms with Crippen LogP contribution in [0.2, 0.25) is 0 Å². The summed E-state index contributed by atoms with van der Waals surface area (Å²) in [6.07, 6.45) is 3.94. The van der Waals surface area contributed by atoms with Crippen molar-refractivity contribution in [3.05, 3.63) is 0 Å². The Kier molecular flexibility index (Phi) is 5.09. The fourth-order valence-electron chi connectivity index (χ4n) is 1.90. The Balaban J connectivity index is 2.22. The average Bonchev–Trinajstić information content (AvgIpc) is 2.26. The first-order chi connectivity index (χ1) is 7.13. The summed E-state index contributed by atoms with van der Waals surface area (Å²) in [4.78, 5) is 13.8. The van der Waals surface area contributed by atoms with Crippen LogP contribution in [0.1, 0.15) is 39.5 Å². The third-order valence-electron chi connectivity index (χ3n) is 3.39. The van der Waals surface area contributed by atoms with Crippen molar-refractivity contribution in [3.8, 4) is 0 Å². The van der Waals surface area contributed by atoms with Crippen LogP contribution in [0.25, 0.3) is 0 Å². The number of amides is 1. The monoisotopic (exact) mass is 212 g/mol. The number of hydrogen-bond acceptors (Lipinski definition) is 2. The van der Waals surface area contributed by atoms with E-state index in [9.17, 15) is 4.79 Å². The maximum atomic E-state index is 11.8. The molecule has 1 unspecified atom stereocenters. The number of nitrogens with two attached hydrogens (primary N) is 1. The highest BCUT2D eigenvalue weighted by molar-refractivity contribution is 5.76. The molecule has 15 heavy (non-hydrogen) atoms. The largest absolute Gasteiger partial charge is 0.343 e. The van der Waals surface area contributed by atoms with Crippen LogP contribution in [0, 0.1) is 11.8 Å². The van der Waals surface area contributed by atoms with E-state index in [2.05, 4.69) is 13.8 Å². The molecule has 1 fully saturated rings.